The molecule has 0 radical (unpaired) electrons. The van der Waals surface area contributed by atoms with E-state index >= 15 is 0 Å². The Morgan fingerprint density at radius 2 is 2.11 bits per heavy atom. The van der Waals surface area contributed by atoms with Gasteiger partial charge in [0, 0.05) is 12.6 Å². The molecule has 0 spiro atoms. The van der Waals surface area contributed by atoms with Gasteiger partial charge in [-0.1, -0.05) is 18.2 Å². The molecular weight excluding hydrogens is 240 g/mol. The molecule has 4 nitrogen and oxygen atoms in total. The molecule has 0 fully saturated rings. The van der Waals surface area contributed by atoms with E-state index in [1.54, 1.807) is 0 Å². The van der Waals surface area contributed by atoms with Gasteiger partial charge >= 0.3 is 6.09 Å². The molecule has 1 aromatic rings. The van der Waals surface area contributed by atoms with Crippen LogP contribution in [0.3, 0.4) is 0 Å². The number of amides is 1. The number of hydrogen-bond donors (Lipinski definition) is 2. The first-order chi connectivity index (χ1) is 9.16. The zero-order valence-electron chi connectivity index (χ0n) is 11.4. The summed E-state index contributed by atoms with van der Waals surface area (Å²) in [5, 5.41) is 3.33. The summed E-state index contributed by atoms with van der Waals surface area (Å²) in [7, 11) is 0. The van der Waals surface area contributed by atoms with Crippen molar-refractivity contribution in [3.05, 3.63) is 34.9 Å². The molecule has 0 saturated heterocycles. The van der Waals surface area contributed by atoms with Crippen LogP contribution in [0.5, 0.6) is 0 Å². The molecule has 19 heavy (non-hydrogen) atoms. The standard InChI is InChI=1S/C15H22N2O2/c1-11(17-8-9-19-15(16)18)13-7-6-12-4-2-3-5-14(12)10-13/h6-7,10-11,17H,2-5,8-9H2,1H3,(H2,16,18). The molecule has 0 bridgehead atoms. The van der Waals surface area contributed by atoms with E-state index in [1.807, 2.05) is 0 Å². The van der Waals surface area contributed by atoms with Gasteiger partial charge in [-0.05, 0) is 49.3 Å². The highest BCUT2D eigenvalue weighted by molar-refractivity contribution is 5.64. The first-order valence-electron chi connectivity index (χ1n) is 6.94. The second-order valence-corrected chi connectivity index (χ2v) is 5.08. The molecule has 0 aliphatic heterocycles. The van der Waals surface area contributed by atoms with Gasteiger partial charge in [0.1, 0.15) is 6.61 Å². The average Bonchev–Trinajstić information content (AvgIpc) is 2.42. The Balaban J connectivity index is 1.88. The summed E-state index contributed by atoms with van der Waals surface area (Å²) in [6.45, 7) is 3.04. The highest BCUT2D eigenvalue weighted by Crippen LogP contribution is 2.24. The monoisotopic (exact) mass is 262 g/mol. The summed E-state index contributed by atoms with van der Waals surface area (Å²) in [4.78, 5) is 10.4. The van der Waals surface area contributed by atoms with Gasteiger partial charge in [0.2, 0.25) is 0 Å². The lowest BCUT2D eigenvalue weighted by Crippen LogP contribution is -2.26. The maximum Gasteiger partial charge on any atom is 0.404 e. The summed E-state index contributed by atoms with van der Waals surface area (Å²) in [5.74, 6) is 0. The Morgan fingerprint density at radius 1 is 1.37 bits per heavy atom. The van der Waals surface area contributed by atoms with Gasteiger partial charge in [0.25, 0.3) is 0 Å². The summed E-state index contributed by atoms with van der Waals surface area (Å²) >= 11 is 0. The molecular formula is C15H22N2O2. The van der Waals surface area contributed by atoms with E-state index in [0.717, 1.165) is 0 Å². The molecule has 1 aromatic carbocycles. The van der Waals surface area contributed by atoms with Crippen molar-refractivity contribution >= 4 is 6.09 Å². The van der Waals surface area contributed by atoms with Crippen LogP contribution in [-0.4, -0.2) is 19.2 Å². The number of carbonyl (C=O) groups is 1. The van der Waals surface area contributed by atoms with Crippen molar-refractivity contribution < 1.29 is 9.53 Å². The van der Waals surface area contributed by atoms with E-state index in [0.29, 0.717) is 13.2 Å². The number of carbonyl (C=O) groups excluding carboxylic acids is 1. The average molecular weight is 262 g/mol. The Labute approximate surface area is 114 Å². The highest BCUT2D eigenvalue weighted by Gasteiger charge is 2.12. The van der Waals surface area contributed by atoms with Gasteiger partial charge in [0.05, 0.1) is 0 Å². The van der Waals surface area contributed by atoms with Gasteiger partial charge in [0.15, 0.2) is 0 Å². The number of rotatable bonds is 5. The first kappa shape index (κ1) is 13.9. The maximum absolute atomic E-state index is 10.4. The van der Waals surface area contributed by atoms with Crippen molar-refractivity contribution in [3.63, 3.8) is 0 Å². The van der Waals surface area contributed by atoms with Crippen LogP contribution >= 0.6 is 0 Å². The van der Waals surface area contributed by atoms with Crippen molar-refractivity contribution in [1.82, 2.24) is 5.32 Å². The van der Waals surface area contributed by atoms with Crippen molar-refractivity contribution in [2.24, 2.45) is 5.73 Å². The minimum Gasteiger partial charge on any atom is -0.448 e. The largest absolute Gasteiger partial charge is 0.448 e. The summed E-state index contributed by atoms with van der Waals surface area (Å²) in [5.41, 5.74) is 9.19. The molecule has 4 heteroatoms. The lowest BCUT2D eigenvalue weighted by atomic mass is 9.89. The molecule has 0 saturated carbocycles. The third-order valence-corrected chi connectivity index (χ3v) is 3.67. The van der Waals surface area contributed by atoms with E-state index in [1.165, 1.54) is 42.4 Å². The van der Waals surface area contributed by atoms with Crippen molar-refractivity contribution in [1.29, 1.82) is 0 Å². The van der Waals surface area contributed by atoms with Gasteiger partial charge in [-0.15, -0.1) is 0 Å². The smallest absolute Gasteiger partial charge is 0.404 e. The van der Waals surface area contributed by atoms with Crippen LogP contribution in [0, 0.1) is 0 Å². The molecule has 1 aliphatic rings. The molecule has 104 valence electrons. The SMILES string of the molecule is CC(NCCOC(N)=O)c1ccc2c(c1)CCCC2. The number of hydrogen-bond acceptors (Lipinski definition) is 3. The molecule has 0 heterocycles. The Bertz CT molecular complexity index is 446. The quantitative estimate of drug-likeness (QED) is 0.800. The van der Waals surface area contributed by atoms with Crippen LogP contribution < -0.4 is 11.1 Å². The molecule has 1 aliphatic carbocycles. The van der Waals surface area contributed by atoms with Crippen molar-refractivity contribution in [2.75, 3.05) is 13.2 Å². The number of ether oxygens (including phenoxy) is 1. The molecule has 2 rings (SSSR count). The van der Waals surface area contributed by atoms with Gasteiger partial charge in [-0.2, -0.15) is 0 Å². The molecule has 1 atom stereocenters. The van der Waals surface area contributed by atoms with E-state index in [9.17, 15) is 4.79 Å². The Hall–Kier alpha value is -1.55. The summed E-state index contributed by atoms with van der Waals surface area (Å²) in [6.07, 6.45) is 4.29. The van der Waals surface area contributed by atoms with Crippen molar-refractivity contribution in [2.45, 2.75) is 38.6 Å². The van der Waals surface area contributed by atoms with E-state index in [-0.39, 0.29) is 6.04 Å². The highest BCUT2D eigenvalue weighted by atomic mass is 16.5. The van der Waals surface area contributed by atoms with Crippen LogP contribution in [0.25, 0.3) is 0 Å². The number of benzene rings is 1. The predicted molar refractivity (Wildman–Crippen MR) is 75.0 cm³/mol. The normalized spacial score (nSPS) is 15.6. The number of primary amides is 1. The zero-order valence-corrected chi connectivity index (χ0v) is 11.4. The first-order valence-corrected chi connectivity index (χ1v) is 6.94. The van der Waals surface area contributed by atoms with Crippen LogP contribution in [0.1, 0.15) is 42.5 Å². The van der Waals surface area contributed by atoms with Crippen LogP contribution in [0.15, 0.2) is 18.2 Å². The van der Waals surface area contributed by atoms with Gasteiger partial charge < -0.3 is 15.8 Å². The topological polar surface area (TPSA) is 64.3 Å². The van der Waals surface area contributed by atoms with Crippen LogP contribution in [0.2, 0.25) is 0 Å². The lowest BCUT2D eigenvalue weighted by molar-refractivity contribution is 0.156. The fourth-order valence-electron chi connectivity index (χ4n) is 2.57. The van der Waals surface area contributed by atoms with E-state index in [2.05, 4.69) is 30.4 Å². The fraction of sp³-hybridized carbons (Fsp3) is 0.533. The van der Waals surface area contributed by atoms with E-state index in [4.69, 9.17) is 10.5 Å². The van der Waals surface area contributed by atoms with Gasteiger partial charge in [-0.3, -0.25) is 0 Å². The molecule has 3 N–H and O–H groups in total. The molecule has 1 amide bonds. The number of fused-ring (bicyclic) bond motifs is 1. The molecule has 1 unspecified atom stereocenters. The maximum atomic E-state index is 10.4. The Kier molecular flexibility index (Phi) is 4.80. The minimum absolute atomic E-state index is 0.253. The summed E-state index contributed by atoms with van der Waals surface area (Å²) < 4.78 is 4.70. The van der Waals surface area contributed by atoms with Crippen LogP contribution in [0.4, 0.5) is 4.79 Å². The second-order valence-electron chi connectivity index (χ2n) is 5.08. The zero-order chi connectivity index (χ0) is 13.7. The number of nitrogens with one attached hydrogen (secondary N) is 1. The predicted octanol–water partition coefficient (Wildman–Crippen LogP) is 2.31. The number of aryl methyl sites for hydroxylation is 2. The Morgan fingerprint density at radius 3 is 2.84 bits per heavy atom. The van der Waals surface area contributed by atoms with E-state index < -0.39 is 6.09 Å². The third kappa shape index (κ3) is 3.96. The summed E-state index contributed by atoms with van der Waals surface area (Å²) in [6, 6.07) is 7.00. The number of nitrogens with two attached hydrogens (primary N) is 1. The van der Waals surface area contributed by atoms with Crippen LogP contribution in [-0.2, 0) is 17.6 Å². The lowest BCUT2D eigenvalue weighted by Gasteiger charge is -2.20. The fourth-order valence-corrected chi connectivity index (χ4v) is 2.57. The van der Waals surface area contributed by atoms with Crippen molar-refractivity contribution in [3.8, 4) is 0 Å². The second kappa shape index (κ2) is 6.57. The third-order valence-electron chi connectivity index (χ3n) is 3.67. The van der Waals surface area contributed by atoms with Gasteiger partial charge in [-0.25, -0.2) is 4.79 Å². The molecule has 0 aromatic heterocycles. The minimum atomic E-state index is -0.719.